The van der Waals surface area contributed by atoms with Crippen molar-refractivity contribution in [3.8, 4) is 0 Å². The summed E-state index contributed by atoms with van der Waals surface area (Å²) in [5.41, 5.74) is 5.68. The number of rotatable bonds is 8. The van der Waals surface area contributed by atoms with E-state index in [1.54, 1.807) is 12.1 Å². The van der Waals surface area contributed by atoms with E-state index in [-0.39, 0.29) is 11.7 Å². The molecule has 0 fully saturated rings. The SMILES string of the molecule is CCN(CC)Cc1ccc(N=C(c2ccccc2)C2C(=O)Nc3ccc(C(C)=O)cc32)cc1. The number of hydrogen-bond acceptors (Lipinski definition) is 4. The van der Waals surface area contributed by atoms with E-state index in [2.05, 4.69) is 36.2 Å². The number of nitrogens with one attached hydrogen (secondary N) is 1. The first-order chi connectivity index (χ1) is 16.0. The summed E-state index contributed by atoms with van der Waals surface area (Å²) in [6.45, 7) is 8.77. The molecule has 0 saturated heterocycles. The zero-order valence-electron chi connectivity index (χ0n) is 19.3. The zero-order valence-corrected chi connectivity index (χ0v) is 19.3. The topological polar surface area (TPSA) is 61.8 Å². The lowest BCUT2D eigenvalue weighted by atomic mass is 9.89. The molecule has 0 saturated carbocycles. The van der Waals surface area contributed by atoms with E-state index in [1.807, 2.05) is 48.5 Å². The molecule has 3 aromatic carbocycles. The molecule has 1 unspecified atom stereocenters. The Morgan fingerprint density at radius 3 is 2.27 bits per heavy atom. The van der Waals surface area contributed by atoms with Crippen molar-refractivity contribution in [3.05, 3.63) is 95.1 Å². The maximum Gasteiger partial charge on any atom is 0.238 e. The molecule has 1 aliphatic heterocycles. The molecule has 1 aliphatic rings. The highest BCUT2D eigenvalue weighted by Gasteiger charge is 2.35. The van der Waals surface area contributed by atoms with Gasteiger partial charge in [0.2, 0.25) is 5.91 Å². The van der Waals surface area contributed by atoms with E-state index in [9.17, 15) is 9.59 Å². The lowest BCUT2D eigenvalue weighted by Gasteiger charge is -2.18. The minimum atomic E-state index is -0.586. The van der Waals surface area contributed by atoms with Crippen LogP contribution in [0.2, 0.25) is 0 Å². The maximum atomic E-state index is 13.1. The van der Waals surface area contributed by atoms with Crippen LogP contribution in [0.15, 0.2) is 77.8 Å². The van der Waals surface area contributed by atoms with Crippen molar-refractivity contribution < 1.29 is 9.59 Å². The van der Waals surface area contributed by atoms with Gasteiger partial charge in [0.1, 0.15) is 5.92 Å². The summed E-state index contributed by atoms with van der Waals surface area (Å²) in [6, 6.07) is 23.3. The van der Waals surface area contributed by atoms with Crippen molar-refractivity contribution in [1.82, 2.24) is 4.90 Å². The minimum Gasteiger partial charge on any atom is -0.325 e. The Morgan fingerprint density at radius 2 is 1.64 bits per heavy atom. The van der Waals surface area contributed by atoms with Crippen LogP contribution in [-0.2, 0) is 11.3 Å². The van der Waals surface area contributed by atoms with Crippen molar-refractivity contribution in [3.63, 3.8) is 0 Å². The van der Waals surface area contributed by atoms with Gasteiger partial charge in [-0.15, -0.1) is 0 Å². The average Bonchev–Trinajstić information content (AvgIpc) is 3.17. The first-order valence-electron chi connectivity index (χ1n) is 11.4. The predicted molar refractivity (Wildman–Crippen MR) is 134 cm³/mol. The van der Waals surface area contributed by atoms with Crippen LogP contribution in [0, 0.1) is 0 Å². The number of aliphatic imine (C=N–C) groups is 1. The normalized spacial score (nSPS) is 15.5. The third kappa shape index (κ3) is 4.94. The molecule has 1 amide bonds. The number of carbonyl (C=O) groups excluding carboxylic acids is 2. The summed E-state index contributed by atoms with van der Waals surface area (Å²) in [7, 11) is 0. The molecule has 168 valence electrons. The van der Waals surface area contributed by atoms with Gasteiger partial charge >= 0.3 is 0 Å². The molecular weight excluding hydrogens is 410 g/mol. The number of Topliss-reactive ketones (excluding diaryl/α,β-unsaturated/α-hetero) is 1. The van der Waals surface area contributed by atoms with Crippen molar-refractivity contribution in [2.75, 3.05) is 18.4 Å². The molecule has 0 spiro atoms. The van der Waals surface area contributed by atoms with Crippen molar-refractivity contribution in [2.24, 2.45) is 4.99 Å². The van der Waals surface area contributed by atoms with Crippen LogP contribution in [0.1, 0.15) is 53.7 Å². The molecule has 5 nitrogen and oxygen atoms in total. The lowest BCUT2D eigenvalue weighted by molar-refractivity contribution is -0.115. The standard InChI is InChI=1S/C28H29N3O2/c1-4-31(5-2)18-20-11-14-23(15-12-20)29-27(21-9-7-6-8-10-21)26-24-17-22(19(3)32)13-16-25(24)30-28(26)33/h6-17,26H,4-5,18H2,1-3H3,(H,30,33). The number of anilines is 1. The van der Waals surface area contributed by atoms with E-state index >= 15 is 0 Å². The third-order valence-electron chi connectivity index (χ3n) is 6.12. The number of nitrogens with zero attached hydrogens (tertiary/aromatic N) is 2. The Labute approximate surface area is 195 Å². The van der Waals surface area contributed by atoms with Crippen LogP contribution >= 0.6 is 0 Å². The van der Waals surface area contributed by atoms with Crippen LogP contribution in [0.25, 0.3) is 0 Å². The van der Waals surface area contributed by atoms with E-state index in [0.29, 0.717) is 11.3 Å². The van der Waals surface area contributed by atoms with Gasteiger partial charge in [-0.1, -0.05) is 56.3 Å². The monoisotopic (exact) mass is 439 g/mol. The molecule has 0 radical (unpaired) electrons. The fourth-order valence-corrected chi connectivity index (χ4v) is 4.18. The largest absolute Gasteiger partial charge is 0.325 e. The average molecular weight is 440 g/mol. The van der Waals surface area contributed by atoms with E-state index in [4.69, 9.17) is 4.99 Å². The van der Waals surface area contributed by atoms with Crippen molar-refractivity contribution in [2.45, 2.75) is 33.2 Å². The number of carbonyl (C=O) groups is 2. The molecule has 0 aliphatic carbocycles. The second kappa shape index (κ2) is 9.92. The first-order valence-corrected chi connectivity index (χ1v) is 11.4. The van der Waals surface area contributed by atoms with E-state index in [0.717, 1.165) is 42.1 Å². The Balaban J connectivity index is 1.75. The van der Waals surface area contributed by atoms with Gasteiger partial charge < -0.3 is 5.32 Å². The number of benzene rings is 3. The second-order valence-corrected chi connectivity index (χ2v) is 8.27. The molecule has 1 N–H and O–H groups in total. The molecule has 5 heteroatoms. The molecule has 0 bridgehead atoms. The summed E-state index contributed by atoms with van der Waals surface area (Å²) < 4.78 is 0. The lowest BCUT2D eigenvalue weighted by Crippen LogP contribution is -2.22. The highest BCUT2D eigenvalue weighted by atomic mass is 16.2. The van der Waals surface area contributed by atoms with Gasteiger partial charge in [0.25, 0.3) is 0 Å². The van der Waals surface area contributed by atoms with Gasteiger partial charge in [-0.05, 0) is 67.0 Å². The molecule has 1 heterocycles. The summed E-state index contributed by atoms with van der Waals surface area (Å²) in [6.07, 6.45) is 0. The molecule has 4 rings (SSSR count). The first kappa shape index (κ1) is 22.6. The number of fused-ring (bicyclic) bond motifs is 1. The van der Waals surface area contributed by atoms with Crippen LogP contribution in [0.4, 0.5) is 11.4 Å². The van der Waals surface area contributed by atoms with Crippen molar-refractivity contribution >= 4 is 28.8 Å². The minimum absolute atomic E-state index is 0.0297. The molecular formula is C28H29N3O2. The Morgan fingerprint density at radius 1 is 0.939 bits per heavy atom. The predicted octanol–water partition coefficient (Wildman–Crippen LogP) is 5.59. The Kier molecular flexibility index (Phi) is 6.80. The summed E-state index contributed by atoms with van der Waals surface area (Å²) in [5, 5.41) is 2.96. The van der Waals surface area contributed by atoms with E-state index < -0.39 is 5.92 Å². The zero-order chi connectivity index (χ0) is 23.4. The van der Waals surface area contributed by atoms with Crippen molar-refractivity contribution in [1.29, 1.82) is 0 Å². The van der Waals surface area contributed by atoms with Crippen LogP contribution in [0.5, 0.6) is 0 Å². The number of hydrogen-bond donors (Lipinski definition) is 1. The number of amides is 1. The fourth-order valence-electron chi connectivity index (χ4n) is 4.18. The second-order valence-electron chi connectivity index (χ2n) is 8.27. The van der Waals surface area contributed by atoms with Gasteiger partial charge in [0.15, 0.2) is 5.78 Å². The summed E-state index contributed by atoms with van der Waals surface area (Å²) in [4.78, 5) is 32.4. The van der Waals surface area contributed by atoms with Gasteiger partial charge in [-0.3, -0.25) is 19.5 Å². The van der Waals surface area contributed by atoms with E-state index in [1.165, 1.54) is 12.5 Å². The molecule has 0 aromatic heterocycles. The quantitative estimate of drug-likeness (QED) is 0.368. The molecule has 33 heavy (non-hydrogen) atoms. The van der Waals surface area contributed by atoms with Gasteiger partial charge in [0, 0.05) is 17.8 Å². The summed E-state index contributed by atoms with van der Waals surface area (Å²) in [5.74, 6) is -0.749. The van der Waals surface area contributed by atoms with Gasteiger partial charge in [-0.25, -0.2) is 0 Å². The Hall–Kier alpha value is -3.57. The van der Waals surface area contributed by atoms with Gasteiger partial charge in [-0.2, -0.15) is 0 Å². The van der Waals surface area contributed by atoms with Gasteiger partial charge in [0.05, 0.1) is 11.4 Å². The maximum absolute atomic E-state index is 13.1. The van der Waals surface area contributed by atoms with Crippen LogP contribution in [0.3, 0.4) is 0 Å². The summed E-state index contributed by atoms with van der Waals surface area (Å²) >= 11 is 0. The number of ketones is 1. The molecule has 3 aromatic rings. The molecule has 1 atom stereocenters. The fraction of sp³-hybridized carbons (Fsp3) is 0.250. The van der Waals surface area contributed by atoms with Crippen LogP contribution < -0.4 is 5.32 Å². The smallest absolute Gasteiger partial charge is 0.238 e. The third-order valence-corrected chi connectivity index (χ3v) is 6.12. The highest BCUT2D eigenvalue weighted by molar-refractivity contribution is 6.24. The van der Waals surface area contributed by atoms with Crippen LogP contribution in [-0.4, -0.2) is 35.4 Å². The highest BCUT2D eigenvalue weighted by Crippen LogP contribution is 2.37. The Bertz CT molecular complexity index is 1180.